The minimum Gasteiger partial charge on any atom is -0.495 e. The van der Waals surface area contributed by atoms with Crippen molar-refractivity contribution in [2.24, 2.45) is 0 Å². The predicted octanol–water partition coefficient (Wildman–Crippen LogP) is 5.21. The van der Waals surface area contributed by atoms with Gasteiger partial charge in [0.05, 0.1) is 17.7 Å². The average molecular weight is 483 g/mol. The van der Waals surface area contributed by atoms with Gasteiger partial charge in [0.15, 0.2) is 6.10 Å². The van der Waals surface area contributed by atoms with Gasteiger partial charge in [-0.15, -0.1) is 0 Å². The number of ether oxygens (including phenoxy) is 1. The number of pyridine rings is 1. The third-order valence-electron chi connectivity index (χ3n) is 4.88. The first-order chi connectivity index (χ1) is 15.6. The average Bonchev–Trinajstić information content (AvgIpc) is 2.79. The summed E-state index contributed by atoms with van der Waals surface area (Å²) in [6.07, 6.45) is -5.29. The Kier molecular flexibility index (Phi) is 7.55. The summed E-state index contributed by atoms with van der Waals surface area (Å²) in [4.78, 5) is 18.2. The van der Waals surface area contributed by atoms with Crippen LogP contribution in [0, 0.1) is 5.82 Å². The zero-order chi connectivity index (χ0) is 24.2. The van der Waals surface area contributed by atoms with Crippen molar-refractivity contribution < 1.29 is 32.2 Å². The molecule has 1 unspecified atom stereocenters. The van der Waals surface area contributed by atoms with Crippen LogP contribution in [0.25, 0.3) is 0 Å². The molecule has 3 rings (SSSR count). The lowest BCUT2D eigenvalue weighted by Crippen LogP contribution is -2.37. The number of hydrogen-bond donors (Lipinski definition) is 1. The second-order valence-corrected chi connectivity index (χ2v) is 7.46. The zero-order valence-electron chi connectivity index (χ0n) is 17.3. The van der Waals surface area contributed by atoms with Crippen LogP contribution in [0.4, 0.5) is 23.2 Å². The molecule has 5 nitrogen and oxygen atoms in total. The second-order valence-electron chi connectivity index (χ2n) is 7.05. The molecule has 10 heteroatoms. The molecule has 0 aliphatic heterocycles. The Balaban J connectivity index is 1.88. The van der Waals surface area contributed by atoms with Gasteiger partial charge in [-0.05, 0) is 42.0 Å². The molecule has 1 aromatic heterocycles. The van der Waals surface area contributed by atoms with Crippen molar-refractivity contribution in [3.05, 3.63) is 88.5 Å². The van der Waals surface area contributed by atoms with Crippen LogP contribution in [0.1, 0.15) is 22.9 Å². The highest BCUT2D eigenvalue weighted by Gasteiger charge is 2.31. The molecule has 0 bridgehead atoms. The number of carbonyl (C=O) groups is 1. The number of rotatable bonds is 7. The highest BCUT2D eigenvalue weighted by Crippen LogP contribution is 2.31. The van der Waals surface area contributed by atoms with Gasteiger partial charge in [0.1, 0.15) is 11.6 Å². The van der Waals surface area contributed by atoms with Gasteiger partial charge in [-0.25, -0.2) is 4.39 Å². The molecule has 0 spiro atoms. The number of aliphatic hydroxyl groups excluding tert-OH is 1. The summed E-state index contributed by atoms with van der Waals surface area (Å²) in [5, 5.41) is 10.9. The van der Waals surface area contributed by atoms with E-state index < -0.39 is 29.6 Å². The van der Waals surface area contributed by atoms with E-state index in [1.165, 1.54) is 42.3 Å². The number of aliphatic hydroxyl groups is 1. The van der Waals surface area contributed by atoms with E-state index in [2.05, 4.69) is 4.98 Å². The summed E-state index contributed by atoms with van der Waals surface area (Å²) in [5.74, 6) is -0.958. The van der Waals surface area contributed by atoms with Gasteiger partial charge >= 0.3 is 6.18 Å². The molecule has 0 saturated carbocycles. The first kappa shape index (κ1) is 24.5. The van der Waals surface area contributed by atoms with Crippen LogP contribution >= 0.6 is 11.6 Å². The summed E-state index contributed by atoms with van der Waals surface area (Å²) >= 11 is 6.06. The number of amides is 1. The third-order valence-corrected chi connectivity index (χ3v) is 5.19. The first-order valence-corrected chi connectivity index (χ1v) is 10.1. The van der Waals surface area contributed by atoms with Crippen LogP contribution in [-0.2, 0) is 17.4 Å². The number of carbonyl (C=O) groups excluding carboxylic acids is 1. The lowest BCUT2D eigenvalue weighted by Gasteiger charge is -2.26. The second kappa shape index (κ2) is 10.2. The standard InChI is InChI=1S/C23H19ClF4N2O3/c1-33-20-12-18(8-9-19(20)24)30(22(32)21(31)14-2-5-16(25)6-3-14)11-10-17-7-4-15(13-29-17)23(26,27)28/h2-9,12-13,21,31H,10-11H2,1H3. The van der Waals surface area contributed by atoms with Crippen LogP contribution < -0.4 is 9.64 Å². The SMILES string of the molecule is COc1cc(N(CCc2ccc(C(F)(F)F)cn2)C(=O)C(O)c2ccc(F)cc2)ccc1Cl. The molecule has 1 N–H and O–H groups in total. The Hall–Kier alpha value is -3.17. The minimum atomic E-state index is -4.51. The van der Waals surface area contributed by atoms with Crippen molar-refractivity contribution in [2.75, 3.05) is 18.6 Å². The summed E-state index contributed by atoms with van der Waals surface area (Å²) in [6.45, 7) is -0.0137. The highest BCUT2D eigenvalue weighted by atomic mass is 35.5. The Bertz CT molecular complexity index is 1110. The molecule has 2 aromatic carbocycles. The summed E-state index contributed by atoms with van der Waals surface area (Å²) < 4.78 is 56.7. The molecule has 3 aromatic rings. The van der Waals surface area contributed by atoms with Gasteiger partial charge in [-0.2, -0.15) is 13.2 Å². The number of methoxy groups -OCH3 is 1. The fourth-order valence-electron chi connectivity index (χ4n) is 3.08. The van der Waals surface area contributed by atoms with Gasteiger partial charge < -0.3 is 14.7 Å². The van der Waals surface area contributed by atoms with Crippen LogP contribution in [0.2, 0.25) is 5.02 Å². The number of nitrogens with zero attached hydrogens (tertiary/aromatic N) is 2. The van der Waals surface area contributed by atoms with Gasteiger partial charge in [-0.1, -0.05) is 23.7 Å². The van der Waals surface area contributed by atoms with Crippen molar-refractivity contribution in [1.29, 1.82) is 0 Å². The molecule has 0 aliphatic rings. The van der Waals surface area contributed by atoms with E-state index in [0.29, 0.717) is 16.4 Å². The Morgan fingerprint density at radius 2 is 1.85 bits per heavy atom. The molecule has 0 radical (unpaired) electrons. The normalized spacial score (nSPS) is 12.3. The van der Waals surface area contributed by atoms with Crippen molar-refractivity contribution >= 4 is 23.2 Å². The molecule has 1 heterocycles. The summed E-state index contributed by atoms with van der Waals surface area (Å²) in [7, 11) is 1.40. The maximum Gasteiger partial charge on any atom is 0.417 e. The van der Waals surface area contributed by atoms with Crippen LogP contribution in [-0.4, -0.2) is 29.7 Å². The minimum absolute atomic E-state index is 0.0137. The number of anilines is 1. The van der Waals surface area contributed by atoms with E-state index in [1.54, 1.807) is 6.07 Å². The number of aromatic nitrogens is 1. The van der Waals surface area contributed by atoms with Crippen molar-refractivity contribution in [3.8, 4) is 5.75 Å². The van der Waals surface area contributed by atoms with E-state index in [1.807, 2.05) is 0 Å². The maximum atomic E-state index is 13.2. The van der Waals surface area contributed by atoms with Crippen LogP contribution in [0.5, 0.6) is 5.75 Å². The lowest BCUT2D eigenvalue weighted by molar-refractivity contribution is -0.137. The molecule has 0 aliphatic carbocycles. The van der Waals surface area contributed by atoms with E-state index in [9.17, 15) is 27.5 Å². The van der Waals surface area contributed by atoms with E-state index in [0.717, 1.165) is 24.4 Å². The van der Waals surface area contributed by atoms with E-state index in [4.69, 9.17) is 16.3 Å². The Morgan fingerprint density at radius 1 is 1.15 bits per heavy atom. The predicted molar refractivity (Wildman–Crippen MR) is 115 cm³/mol. The fourth-order valence-corrected chi connectivity index (χ4v) is 3.28. The van der Waals surface area contributed by atoms with E-state index in [-0.39, 0.29) is 24.3 Å². The molecular formula is C23H19ClF4N2O3. The fraction of sp³-hybridized carbons (Fsp3) is 0.217. The molecule has 0 saturated heterocycles. The van der Waals surface area contributed by atoms with Crippen LogP contribution in [0.15, 0.2) is 60.8 Å². The van der Waals surface area contributed by atoms with Crippen LogP contribution in [0.3, 0.4) is 0 Å². The van der Waals surface area contributed by atoms with Gasteiger partial charge in [0, 0.05) is 36.6 Å². The first-order valence-electron chi connectivity index (χ1n) is 9.70. The zero-order valence-corrected chi connectivity index (χ0v) is 18.1. The smallest absolute Gasteiger partial charge is 0.417 e. The molecule has 33 heavy (non-hydrogen) atoms. The number of halogens is 5. The van der Waals surface area contributed by atoms with Crippen molar-refractivity contribution in [1.82, 2.24) is 4.98 Å². The molecular weight excluding hydrogens is 464 g/mol. The van der Waals surface area contributed by atoms with Crippen molar-refractivity contribution in [2.45, 2.75) is 18.7 Å². The largest absolute Gasteiger partial charge is 0.495 e. The van der Waals surface area contributed by atoms with E-state index >= 15 is 0 Å². The monoisotopic (exact) mass is 482 g/mol. The summed E-state index contributed by atoms with van der Waals surface area (Å²) in [6, 6.07) is 11.5. The molecule has 0 fully saturated rings. The topological polar surface area (TPSA) is 62.7 Å². The molecule has 174 valence electrons. The third kappa shape index (κ3) is 6.00. The van der Waals surface area contributed by atoms with Gasteiger partial charge in [-0.3, -0.25) is 9.78 Å². The molecule has 1 amide bonds. The number of hydrogen-bond acceptors (Lipinski definition) is 4. The van der Waals surface area contributed by atoms with Crippen molar-refractivity contribution in [3.63, 3.8) is 0 Å². The number of benzene rings is 2. The summed E-state index contributed by atoms with van der Waals surface area (Å²) in [5.41, 5.74) is -0.0411. The highest BCUT2D eigenvalue weighted by molar-refractivity contribution is 6.32. The number of alkyl halides is 3. The Morgan fingerprint density at radius 3 is 2.42 bits per heavy atom. The quantitative estimate of drug-likeness (QED) is 0.470. The molecule has 1 atom stereocenters. The Labute approximate surface area is 192 Å². The van der Waals surface area contributed by atoms with Gasteiger partial charge in [0.25, 0.3) is 5.91 Å². The lowest BCUT2D eigenvalue weighted by atomic mass is 10.1. The maximum absolute atomic E-state index is 13.2. The van der Waals surface area contributed by atoms with Gasteiger partial charge in [0.2, 0.25) is 0 Å².